The van der Waals surface area contributed by atoms with E-state index < -0.39 is 0 Å². The van der Waals surface area contributed by atoms with Crippen LogP contribution in [0.4, 0.5) is 0 Å². The molecular weight excluding hydrogens is 152 g/mol. The Kier molecular flexibility index (Phi) is 5.72. The molecule has 0 rings (SSSR count). The summed E-state index contributed by atoms with van der Waals surface area (Å²) in [5.74, 6) is 0.123. The SMILES string of the molecule is CC(C)NCCC(=O)NC(C)C. The summed E-state index contributed by atoms with van der Waals surface area (Å²) in [5, 5.41) is 6.03. The standard InChI is InChI=1S/C9H20N2O/c1-7(2)10-6-5-9(12)11-8(3)4/h7-8,10H,5-6H2,1-4H3,(H,11,12). The van der Waals surface area contributed by atoms with Gasteiger partial charge in [-0.3, -0.25) is 4.79 Å². The fourth-order valence-corrected chi connectivity index (χ4v) is 0.869. The molecule has 0 bridgehead atoms. The molecule has 72 valence electrons. The first kappa shape index (κ1) is 11.4. The van der Waals surface area contributed by atoms with Crippen LogP contribution >= 0.6 is 0 Å². The van der Waals surface area contributed by atoms with Crippen molar-refractivity contribution in [3.63, 3.8) is 0 Å². The molecular formula is C9H20N2O. The third-order valence-corrected chi connectivity index (χ3v) is 1.35. The van der Waals surface area contributed by atoms with Crippen LogP contribution in [0.3, 0.4) is 0 Å². The van der Waals surface area contributed by atoms with Gasteiger partial charge in [0.15, 0.2) is 0 Å². The highest BCUT2D eigenvalue weighted by Gasteiger charge is 2.02. The maximum Gasteiger partial charge on any atom is 0.221 e. The third-order valence-electron chi connectivity index (χ3n) is 1.35. The summed E-state index contributed by atoms with van der Waals surface area (Å²) in [6.45, 7) is 8.83. The number of rotatable bonds is 5. The summed E-state index contributed by atoms with van der Waals surface area (Å²) in [7, 11) is 0. The Bertz CT molecular complexity index is 132. The van der Waals surface area contributed by atoms with E-state index in [4.69, 9.17) is 0 Å². The van der Waals surface area contributed by atoms with E-state index in [1.165, 1.54) is 0 Å². The van der Waals surface area contributed by atoms with Gasteiger partial charge in [0.05, 0.1) is 0 Å². The van der Waals surface area contributed by atoms with Gasteiger partial charge >= 0.3 is 0 Å². The smallest absolute Gasteiger partial charge is 0.221 e. The second-order valence-corrected chi connectivity index (χ2v) is 3.58. The Balaban J connectivity index is 3.32. The van der Waals surface area contributed by atoms with Crippen molar-refractivity contribution in [1.29, 1.82) is 0 Å². The van der Waals surface area contributed by atoms with Crippen molar-refractivity contribution < 1.29 is 4.79 Å². The summed E-state index contributed by atoms with van der Waals surface area (Å²) in [6.07, 6.45) is 0.566. The monoisotopic (exact) mass is 172 g/mol. The van der Waals surface area contributed by atoms with Crippen molar-refractivity contribution in [2.75, 3.05) is 6.54 Å². The molecule has 0 aromatic carbocycles. The van der Waals surface area contributed by atoms with Crippen LogP contribution in [0, 0.1) is 0 Å². The third kappa shape index (κ3) is 7.54. The van der Waals surface area contributed by atoms with Crippen LogP contribution in [0.5, 0.6) is 0 Å². The molecule has 2 N–H and O–H groups in total. The predicted molar refractivity (Wildman–Crippen MR) is 51.0 cm³/mol. The van der Waals surface area contributed by atoms with Crippen LogP contribution in [-0.4, -0.2) is 24.5 Å². The normalized spacial score (nSPS) is 10.8. The number of amides is 1. The molecule has 3 heteroatoms. The molecule has 3 nitrogen and oxygen atoms in total. The summed E-state index contributed by atoms with van der Waals surface area (Å²) in [6, 6.07) is 0.702. The largest absolute Gasteiger partial charge is 0.354 e. The van der Waals surface area contributed by atoms with E-state index in [2.05, 4.69) is 24.5 Å². The van der Waals surface area contributed by atoms with Crippen LogP contribution in [0.2, 0.25) is 0 Å². The molecule has 12 heavy (non-hydrogen) atoms. The van der Waals surface area contributed by atoms with E-state index in [1.807, 2.05) is 13.8 Å². The van der Waals surface area contributed by atoms with Crippen LogP contribution < -0.4 is 10.6 Å². The topological polar surface area (TPSA) is 41.1 Å². The number of hydrogen-bond acceptors (Lipinski definition) is 2. The zero-order chi connectivity index (χ0) is 9.56. The van der Waals surface area contributed by atoms with E-state index in [0.717, 1.165) is 6.54 Å². The van der Waals surface area contributed by atoms with Crippen molar-refractivity contribution >= 4 is 5.91 Å². The molecule has 0 radical (unpaired) electrons. The average Bonchev–Trinajstić information content (AvgIpc) is 1.84. The van der Waals surface area contributed by atoms with Gasteiger partial charge in [0.25, 0.3) is 0 Å². The van der Waals surface area contributed by atoms with Gasteiger partial charge in [-0.2, -0.15) is 0 Å². The summed E-state index contributed by atoms with van der Waals surface area (Å²) >= 11 is 0. The second kappa shape index (κ2) is 6.00. The first-order valence-electron chi connectivity index (χ1n) is 4.55. The maximum absolute atomic E-state index is 11.1. The van der Waals surface area contributed by atoms with E-state index in [-0.39, 0.29) is 11.9 Å². The van der Waals surface area contributed by atoms with Crippen molar-refractivity contribution in [2.24, 2.45) is 0 Å². The van der Waals surface area contributed by atoms with Gasteiger partial charge in [0.1, 0.15) is 0 Å². The van der Waals surface area contributed by atoms with Crippen molar-refractivity contribution in [3.05, 3.63) is 0 Å². The van der Waals surface area contributed by atoms with Crippen LogP contribution in [0.1, 0.15) is 34.1 Å². The minimum atomic E-state index is 0.123. The highest BCUT2D eigenvalue weighted by atomic mass is 16.1. The molecule has 0 aromatic rings. The van der Waals surface area contributed by atoms with Crippen LogP contribution in [-0.2, 0) is 4.79 Å². The van der Waals surface area contributed by atoms with E-state index in [0.29, 0.717) is 12.5 Å². The molecule has 0 saturated carbocycles. The zero-order valence-electron chi connectivity index (χ0n) is 8.48. The molecule has 0 saturated heterocycles. The summed E-state index contributed by atoms with van der Waals surface area (Å²) < 4.78 is 0. The first-order chi connectivity index (χ1) is 5.52. The minimum Gasteiger partial charge on any atom is -0.354 e. The average molecular weight is 172 g/mol. The molecule has 0 heterocycles. The Morgan fingerprint density at radius 3 is 2.17 bits per heavy atom. The molecule has 1 amide bonds. The Morgan fingerprint density at radius 1 is 1.17 bits per heavy atom. The molecule has 0 atom stereocenters. The van der Waals surface area contributed by atoms with Gasteiger partial charge < -0.3 is 10.6 Å². The number of carbonyl (C=O) groups excluding carboxylic acids is 1. The summed E-state index contributed by atoms with van der Waals surface area (Å²) in [4.78, 5) is 11.1. The molecule has 0 aromatic heterocycles. The quantitative estimate of drug-likeness (QED) is 0.647. The van der Waals surface area contributed by atoms with Crippen molar-refractivity contribution in [1.82, 2.24) is 10.6 Å². The van der Waals surface area contributed by atoms with Gasteiger partial charge in [0.2, 0.25) is 5.91 Å². The fourth-order valence-electron chi connectivity index (χ4n) is 0.869. The zero-order valence-corrected chi connectivity index (χ0v) is 8.48. The second-order valence-electron chi connectivity index (χ2n) is 3.58. The Labute approximate surface area is 74.9 Å². The van der Waals surface area contributed by atoms with Gasteiger partial charge in [-0.1, -0.05) is 13.8 Å². The van der Waals surface area contributed by atoms with E-state index in [9.17, 15) is 4.79 Å². The number of hydrogen-bond donors (Lipinski definition) is 2. The number of carbonyl (C=O) groups is 1. The van der Waals surface area contributed by atoms with E-state index >= 15 is 0 Å². The van der Waals surface area contributed by atoms with E-state index in [1.54, 1.807) is 0 Å². The molecule has 0 spiro atoms. The number of nitrogens with one attached hydrogen (secondary N) is 2. The van der Waals surface area contributed by atoms with Crippen molar-refractivity contribution in [3.8, 4) is 0 Å². The van der Waals surface area contributed by atoms with Crippen LogP contribution in [0.15, 0.2) is 0 Å². The van der Waals surface area contributed by atoms with Crippen LogP contribution in [0.25, 0.3) is 0 Å². The lowest BCUT2D eigenvalue weighted by molar-refractivity contribution is -0.121. The fraction of sp³-hybridized carbons (Fsp3) is 0.889. The molecule has 0 aliphatic heterocycles. The van der Waals surface area contributed by atoms with Gasteiger partial charge in [-0.15, -0.1) is 0 Å². The summed E-state index contributed by atoms with van der Waals surface area (Å²) in [5.41, 5.74) is 0. The lowest BCUT2D eigenvalue weighted by Crippen LogP contribution is -2.34. The lowest BCUT2D eigenvalue weighted by Gasteiger charge is -2.10. The van der Waals surface area contributed by atoms with Gasteiger partial charge in [0, 0.05) is 25.0 Å². The van der Waals surface area contributed by atoms with Gasteiger partial charge in [-0.25, -0.2) is 0 Å². The lowest BCUT2D eigenvalue weighted by atomic mass is 10.3. The Hall–Kier alpha value is -0.570. The predicted octanol–water partition coefficient (Wildman–Crippen LogP) is 0.899. The first-order valence-corrected chi connectivity index (χ1v) is 4.55. The Morgan fingerprint density at radius 2 is 1.75 bits per heavy atom. The van der Waals surface area contributed by atoms with Crippen molar-refractivity contribution in [2.45, 2.75) is 46.2 Å². The minimum absolute atomic E-state index is 0.123. The molecule has 0 fully saturated rings. The molecule has 0 aliphatic carbocycles. The maximum atomic E-state index is 11.1. The molecule has 0 unspecified atom stereocenters. The highest BCUT2D eigenvalue weighted by molar-refractivity contribution is 5.76. The molecule has 0 aliphatic rings. The highest BCUT2D eigenvalue weighted by Crippen LogP contribution is 1.83. The van der Waals surface area contributed by atoms with Gasteiger partial charge in [-0.05, 0) is 13.8 Å².